The van der Waals surface area contributed by atoms with Gasteiger partial charge < -0.3 is 10.1 Å². The zero-order valence-corrected chi connectivity index (χ0v) is 12.0. The minimum atomic E-state index is 0.173. The first-order chi connectivity index (χ1) is 10.3. The molecule has 1 N–H and O–H groups in total. The molecule has 1 fully saturated rings. The Balaban J connectivity index is 1.51. The highest BCUT2D eigenvalue weighted by molar-refractivity contribution is 5.84. The summed E-state index contributed by atoms with van der Waals surface area (Å²) in [6, 6.07) is 9.80. The van der Waals surface area contributed by atoms with E-state index in [2.05, 4.69) is 10.3 Å². The lowest BCUT2D eigenvalue weighted by molar-refractivity contribution is -0.124. The number of benzene rings is 1. The quantitative estimate of drug-likeness (QED) is 0.859. The Labute approximate surface area is 124 Å². The molecular formula is C17H20N2O2. The Morgan fingerprint density at radius 2 is 2.05 bits per heavy atom. The molecule has 110 valence electrons. The molecule has 0 aliphatic heterocycles. The van der Waals surface area contributed by atoms with E-state index in [-0.39, 0.29) is 11.8 Å². The second-order valence-corrected chi connectivity index (χ2v) is 5.45. The van der Waals surface area contributed by atoms with E-state index in [0.29, 0.717) is 13.2 Å². The molecule has 2 aromatic rings. The number of nitrogens with one attached hydrogen (secondary N) is 1. The van der Waals surface area contributed by atoms with E-state index in [1.807, 2.05) is 30.3 Å². The summed E-state index contributed by atoms with van der Waals surface area (Å²) in [4.78, 5) is 16.2. The minimum Gasteiger partial charge on any atom is -0.489 e. The van der Waals surface area contributed by atoms with E-state index >= 15 is 0 Å². The van der Waals surface area contributed by atoms with Gasteiger partial charge in [-0.3, -0.25) is 9.78 Å². The highest BCUT2D eigenvalue weighted by Gasteiger charge is 2.21. The number of pyridine rings is 1. The van der Waals surface area contributed by atoms with Gasteiger partial charge in [0, 0.05) is 17.5 Å². The molecule has 0 saturated heterocycles. The number of carbonyl (C=O) groups is 1. The molecule has 4 nitrogen and oxygen atoms in total. The van der Waals surface area contributed by atoms with Crippen LogP contribution in [-0.2, 0) is 4.79 Å². The molecule has 3 rings (SSSR count). The van der Waals surface area contributed by atoms with Crippen LogP contribution >= 0.6 is 0 Å². The van der Waals surface area contributed by atoms with Crippen LogP contribution in [0.5, 0.6) is 5.75 Å². The predicted octanol–water partition coefficient (Wildman–Crippen LogP) is 2.92. The number of nitrogens with zero attached hydrogens (tertiary/aromatic N) is 1. The van der Waals surface area contributed by atoms with Crippen LogP contribution in [0.4, 0.5) is 0 Å². The van der Waals surface area contributed by atoms with Crippen molar-refractivity contribution in [3.63, 3.8) is 0 Å². The fourth-order valence-corrected chi connectivity index (χ4v) is 2.86. The van der Waals surface area contributed by atoms with Crippen LogP contribution in [-0.4, -0.2) is 24.0 Å². The highest BCUT2D eigenvalue weighted by atomic mass is 16.5. The molecule has 0 unspecified atom stereocenters. The fraction of sp³-hybridized carbons (Fsp3) is 0.412. The van der Waals surface area contributed by atoms with Crippen molar-refractivity contribution in [1.29, 1.82) is 0 Å². The summed E-state index contributed by atoms with van der Waals surface area (Å²) in [5.41, 5.74) is 0.863. The standard InChI is InChI=1S/C17H20N2O2/c20-17(14-5-1-2-6-14)19-11-12-21-15-9-3-7-13-8-4-10-18-16(13)15/h3-4,7-10,14H,1-2,5-6,11-12H2,(H,19,20). The topological polar surface area (TPSA) is 51.2 Å². The van der Waals surface area contributed by atoms with Crippen molar-refractivity contribution in [2.24, 2.45) is 5.92 Å². The van der Waals surface area contributed by atoms with Crippen molar-refractivity contribution in [3.05, 3.63) is 36.5 Å². The Morgan fingerprint density at radius 3 is 2.90 bits per heavy atom. The van der Waals surface area contributed by atoms with E-state index in [1.165, 1.54) is 12.8 Å². The smallest absolute Gasteiger partial charge is 0.223 e. The monoisotopic (exact) mass is 284 g/mol. The molecule has 1 aromatic carbocycles. The van der Waals surface area contributed by atoms with Crippen molar-refractivity contribution in [3.8, 4) is 5.75 Å². The van der Waals surface area contributed by atoms with Gasteiger partial charge in [-0.15, -0.1) is 0 Å². The second-order valence-electron chi connectivity index (χ2n) is 5.45. The average Bonchev–Trinajstić information content (AvgIpc) is 3.06. The van der Waals surface area contributed by atoms with Gasteiger partial charge in [0.05, 0.1) is 6.54 Å². The zero-order valence-electron chi connectivity index (χ0n) is 12.0. The van der Waals surface area contributed by atoms with Crippen LogP contribution in [0.3, 0.4) is 0 Å². The normalized spacial score (nSPS) is 15.2. The lowest BCUT2D eigenvalue weighted by Gasteiger charge is -2.12. The van der Waals surface area contributed by atoms with E-state index in [4.69, 9.17) is 4.74 Å². The van der Waals surface area contributed by atoms with Crippen LogP contribution in [0.1, 0.15) is 25.7 Å². The largest absolute Gasteiger partial charge is 0.489 e. The van der Waals surface area contributed by atoms with Crippen molar-refractivity contribution in [2.75, 3.05) is 13.2 Å². The SMILES string of the molecule is O=C(NCCOc1cccc2cccnc12)C1CCCC1. The fourth-order valence-electron chi connectivity index (χ4n) is 2.86. The van der Waals surface area contributed by atoms with Crippen molar-refractivity contribution in [2.45, 2.75) is 25.7 Å². The van der Waals surface area contributed by atoms with Crippen LogP contribution in [0.25, 0.3) is 10.9 Å². The summed E-state index contributed by atoms with van der Waals surface area (Å²) in [6.45, 7) is 1.01. The molecule has 1 amide bonds. The maximum absolute atomic E-state index is 11.9. The van der Waals surface area contributed by atoms with Gasteiger partial charge in [-0.25, -0.2) is 0 Å². The Morgan fingerprint density at radius 1 is 1.24 bits per heavy atom. The molecular weight excluding hydrogens is 264 g/mol. The molecule has 1 heterocycles. The van der Waals surface area contributed by atoms with Gasteiger partial charge in [0.1, 0.15) is 17.9 Å². The van der Waals surface area contributed by atoms with Crippen molar-refractivity contribution in [1.82, 2.24) is 10.3 Å². The zero-order chi connectivity index (χ0) is 14.5. The summed E-state index contributed by atoms with van der Waals surface area (Å²) in [7, 11) is 0. The molecule has 1 aliphatic carbocycles. The van der Waals surface area contributed by atoms with E-state index < -0.39 is 0 Å². The third-order valence-electron chi connectivity index (χ3n) is 3.98. The number of amides is 1. The first-order valence-corrected chi connectivity index (χ1v) is 7.59. The molecule has 1 aliphatic rings. The van der Waals surface area contributed by atoms with Crippen LogP contribution < -0.4 is 10.1 Å². The maximum atomic E-state index is 11.9. The number of ether oxygens (including phenoxy) is 1. The second kappa shape index (κ2) is 6.57. The van der Waals surface area contributed by atoms with Crippen molar-refractivity contribution < 1.29 is 9.53 Å². The van der Waals surface area contributed by atoms with E-state index in [1.54, 1.807) is 6.20 Å². The molecule has 0 atom stereocenters. The number of hydrogen-bond acceptors (Lipinski definition) is 3. The van der Waals surface area contributed by atoms with Gasteiger partial charge in [-0.1, -0.05) is 31.0 Å². The van der Waals surface area contributed by atoms with E-state index in [0.717, 1.165) is 29.5 Å². The first kappa shape index (κ1) is 13.9. The average molecular weight is 284 g/mol. The van der Waals surface area contributed by atoms with Crippen LogP contribution in [0, 0.1) is 5.92 Å². The first-order valence-electron chi connectivity index (χ1n) is 7.59. The van der Waals surface area contributed by atoms with Gasteiger partial charge in [0.25, 0.3) is 0 Å². The highest BCUT2D eigenvalue weighted by Crippen LogP contribution is 2.25. The molecule has 4 heteroatoms. The Bertz CT molecular complexity index is 616. The molecule has 21 heavy (non-hydrogen) atoms. The predicted molar refractivity (Wildman–Crippen MR) is 82.2 cm³/mol. The lowest BCUT2D eigenvalue weighted by atomic mass is 10.1. The van der Waals surface area contributed by atoms with Crippen molar-refractivity contribution >= 4 is 16.8 Å². The molecule has 0 bridgehead atoms. The third kappa shape index (κ3) is 3.32. The number of rotatable bonds is 5. The Kier molecular flexibility index (Phi) is 4.34. The van der Waals surface area contributed by atoms with Gasteiger partial charge in [-0.2, -0.15) is 0 Å². The van der Waals surface area contributed by atoms with Gasteiger partial charge in [0.2, 0.25) is 5.91 Å². The van der Waals surface area contributed by atoms with Gasteiger partial charge in [-0.05, 0) is 25.0 Å². The minimum absolute atomic E-state index is 0.173. The number of carbonyl (C=O) groups excluding carboxylic acids is 1. The lowest BCUT2D eigenvalue weighted by Crippen LogP contribution is -2.32. The summed E-state index contributed by atoms with van der Waals surface area (Å²) >= 11 is 0. The number of aromatic nitrogens is 1. The number of hydrogen-bond donors (Lipinski definition) is 1. The summed E-state index contributed by atoms with van der Waals surface area (Å²) < 4.78 is 5.76. The molecule has 1 saturated carbocycles. The number of para-hydroxylation sites is 1. The summed E-state index contributed by atoms with van der Waals surface area (Å²) in [5, 5.41) is 4.02. The number of fused-ring (bicyclic) bond motifs is 1. The third-order valence-corrected chi connectivity index (χ3v) is 3.98. The van der Waals surface area contributed by atoms with Gasteiger partial charge >= 0.3 is 0 Å². The molecule has 1 aromatic heterocycles. The molecule has 0 radical (unpaired) electrons. The van der Waals surface area contributed by atoms with Crippen LogP contribution in [0.15, 0.2) is 36.5 Å². The Hall–Kier alpha value is -2.10. The van der Waals surface area contributed by atoms with Crippen LogP contribution in [0.2, 0.25) is 0 Å². The van der Waals surface area contributed by atoms with E-state index in [9.17, 15) is 4.79 Å². The maximum Gasteiger partial charge on any atom is 0.223 e. The summed E-state index contributed by atoms with van der Waals surface area (Å²) in [6.07, 6.45) is 6.17. The summed E-state index contributed by atoms with van der Waals surface area (Å²) in [5.74, 6) is 1.15. The molecule has 0 spiro atoms. The van der Waals surface area contributed by atoms with Gasteiger partial charge in [0.15, 0.2) is 0 Å².